The van der Waals surface area contributed by atoms with E-state index in [0.29, 0.717) is 12.0 Å². The molecule has 0 fully saturated rings. The third kappa shape index (κ3) is 8.28. The number of ether oxygens (including phenoxy) is 2. The van der Waals surface area contributed by atoms with Gasteiger partial charge < -0.3 is 13.9 Å². The Morgan fingerprint density at radius 2 is 1.48 bits per heavy atom. The van der Waals surface area contributed by atoms with Gasteiger partial charge in [0.2, 0.25) is 0 Å². The monoisotopic (exact) mass is 560 g/mol. The number of benzene rings is 2. The summed E-state index contributed by atoms with van der Waals surface area (Å²) >= 11 is 0. The fourth-order valence-electron chi connectivity index (χ4n) is 5.27. The zero-order valence-corrected chi connectivity index (χ0v) is 25.4. The smallest absolute Gasteiger partial charge is 0.417 e. The minimum atomic E-state index is -4.62. The summed E-state index contributed by atoms with van der Waals surface area (Å²) in [6, 6.07) is 12.6. The van der Waals surface area contributed by atoms with Crippen LogP contribution in [0.5, 0.6) is 5.75 Å². The molecule has 1 aromatic heterocycles. The maximum atomic E-state index is 14.2. The number of hydrogen-bond acceptors (Lipinski definition) is 4. The Hall–Kier alpha value is -2.96. The van der Waals surface area contributed by atoms with Crippen molar-refractivity contribution in [3.8, 4) is 17.1 Å². The van der Waals surface area contributed by atoms with Crippen molar-refractivity contribution < 1.29 is 31.9 Å². The quantitative estimate of drug-likeness (QED) is 0.257. The summed E-state index contributed by atoms with van der Waals surface area (Å²) in [4.78, 5) is 13.3. The molecule has 40 heavy (non-hydrogen) atoms. The van der Waals surface area contributed by atoms with Crippen molar-refractivity contribution in [1.82, 2.24) is 0 Å². The van der Waals surface area contributed by atoms with Crippen LogP contribution in [-0.2, 0) is 15.7 Å². The second-order valence-corrected chi connectivity index (χ2v) is 14.3. The molecular weight excluding hydrogens is 517 g/mol. The Morgan fingerprint density at radius 1 is 0.850 bits per heavy atom. The molecule has 220 valence electrons. The second kappa shape index (κ2) is 10.8. The number of furan rings is 1. The van der Waals surface area contributed by atoms with E-state index in [9.17, 15) is 18.0 Å². The number of esters is 1. The van der Waals surface area contributed by atoms with Gasteiger partial charge in [-0.3, -0.25) is 4.79 Å². The predicted octanol–water partition coefficient (Wildman–Crippen LogP) is 10.1. The van der Waals surface area contributed by atoms with Gasteiger partial charge in [-0.25, -0.2) is 0 Å². The van der Waals surface area contributed by atoms with E-state index in [4.69, 9.17) is 13.9 Å². The highest BCUT2D eigenvalue weighted by molar-refractivity contribution is 5.83. The van der Waals surface area contributed by atoms with Crippen LogP contribution < -0.4 is 4.74 Å². The molecular formula is C33H43F3O4. The van der Waals surface area contributed by atoms with E-state index in [-0.39, 0.29) is 46.2 Å². The third-order valence-electron chi connectivity index (χ3n) is 6.76. The first kappa shape index (κ1) is 31.6. The van der Waals surface area contributed by atoms with Crippen molar-refractivity contribution in [2.24, 2.45) is 16.7 Å². The number of alkyl halides is 3. The van der Waals surface area contributed by atoms with Crippen molar-refractivity contribution in [3.05, 3.63) is 54.1 Å². The maximum Gasteiger partial charge on any atom is 0.417 e. The second-order valence-electron chi connectivity index (χ2n) is 14.3. The number of para-hydroxylation sites is 1. The first-order valence-electron chi connectivity index (χ1n) is 13.7. The van der Waals surface area contributed by atoms with E-state index in [1.807, 2.05) is 20.8 Å². The van der Waals surface area contributed by atoms with Crippen molar-refractivity contribution in [1.29, 1.82) is 0 Å². The van der Waals surface area contributed by atoms with Crippen molar-refractivity contribution in [2.45, 2.75) is 99.5 Å². The SMILES string of the molecule is CC(C)(C)CC(C(=O)OC(C)(C)CC(C)(C)Oc1ccc(-c2cc3ccccc3o2)c(C(F)(F)F)c1)C(C)(C)C. The van der Waals surface area contributed by atoms with E-state index in [0.717, 1.165) is 11.5 Å². The minimum Gasteiger partial charge on any atom is -0.488 e. The molecule has 7 heteroatoms. The molecule has 0 amide bonds. The summed E-state index contributed by atoms with van der Waals surface area (Å²) < 4.78 is 60.3. The third-order valence-corrected chi connectivity index (χ3v) is 6.76. The van der Waals surface area contributed by atoms with Crippen LogP contribution >= 0.6 is 0 Å². The molecule has 3 aromatic rings. The molecule has 4 nitrogen and oxygen atoms in total. The highest BCUT2D eigenvalue weighted by Crippen LogP contribution is 2.42. The molecule has 0 spiro atoms. The zero-order chi connectivity index (χ0) is 30.3. The van der Waals surface area contributed by atoms with Gasteiger partial charge >= 0.3 is 12.1 Å². The van der Waals surface area contributed by atoms with Gasteiger partial charge in [-0.05, 0) is 75.3 Å². The molecule has 2 aromatic carbocycles. The average Bonchev–Trinajstić information content (AvgIpc) is 3.18. The first-order valence-corrected chi connectivity index (χ1v) is 13.7. The molecule has 3 rings (SSSR count). The van der Waals surface area contributed by atoms with Crippen LogP contribution in [0.3, 0.4) is 0 Å². The van der Waals surface area contributed by atoms with Crippen LogP contribution in [0.1, 0.15) is 87.6 Å². The first-order chi connectivity index (χ1) is 18.1. The van der Waals surface area contributed by atoms with Gasteiger partial charge in [0.05, 0.1) is 11.5 Å². The van der Waals surface area contributed by atoms with E-state index in [1.165, 1.54) is 12.1 Å². The molecule has 0 aliphatic heterocycles. The highest BCUT2D eigenvalue weighted by Gasteiger charge is 2.41. The van der Waals surface area contributed by atoms with Gasteiger partial charge in [0.15, 0.2) is 0 Å². The number of carbonyl (C=O) groups is 1. The van der Waals surface area contributed by atoms with Crippen LogP contribution in [0.4, 0.5) is 13.2 Å². The Labute approximate surface area is 236 Å². The van der Waals surface area contributed by atoms with Gasteiger partial charge in [-0.1, -0.05) is 59.7 Å². The van der Waals surface area contributed by atoms with Crippen LogP contribution in [0.15, 0.2) is 52.9 Å². The number of rotatable bonds is 8. The Morgan fingerprint density at radius 3 is 2.02 bits per heavy atom. The van der Waals surface area contributed by atoms with E-state index in [1.54, 1.807) is 58.0 Å². The lowest BCUT2D eigenvalue weighted by Gasteiger charge is -2.39. The molecule has 0 N–H and O–H groups in total. The average molecular weight is 561 g/mol. The highest BCUT2D eigenvalue weighted by atomic mass is 19.4. The maximum absolute atomic E-state index is 14.2. The lowest BCUT2D eigenvalue weighted by molar-refractivity contribution is -0.171. The standard InChI is InChI=1S/C33H43F3O4/c1-29(2,3)19-25(30(4,5)6)28(37)40-32(9,10)20-31(7,8)39-22-15-16-23(24(18-22)33(34,35)36)27-17-21-13-11-12-14-26(21)38-27/h11-18,25H,19-20H2,1-10H3. The van der Waals surface area contributed by atoms with E-state index in [2.05, 4.69) is 20.8 Å². The lowest BCUT2D eigenvalue weighted by atomic mass is 9.72. The molecule has 0 saturated heterocycles. The van der Waals surface area contributed by atoms with Gasteiger partial charge in [-0.2, -0.15) is 13.2 Å². The largest absolute Gasteiger partial charge is 0.488 e. The minimum absolute atomic E-state index is 0.0600. The lowest BCUT2D eigenvalue weighted by Crippen LogP contribution is -2.43. The van der Waals surface area contributed by atoms with Crippen molar-refractivity contribution >= 4 is 16.9 Å². The Bertz CT molecular complexity index is 1300. The molecule has 0 aliphatic carbocycles. The van der Waals surface area contributed by atoms with Crippen LogP contribution in [0.25, 0.3) is 22.3 Å². The fourth-order valence-corrected chi connectivity index (χ4v) is 5.27. The number of fused-ring (bicyclic) bond motifs is 1. The Kier molecular flexibility index (Phi) is 8.51. The van der Waals surface area contributed by atoms with Crippen LogP contribution in [0, 0.1) is 16.7 Å². The summed E-state index contributed by atoms with van der Waals surface area (Å²) in [6.45, 7) is 19.5. The number of hydrogen-bond donors (Lipinski definition) is 0. The molecule has 1 unspecified atom stereocenters. The Balaban J connectivity index is 1.82. The molecule has 0 bridgehead atoms. The van der Waals surface area contributed by atoms with Gasteiger partial charge in [-0.15, -0.1) is 0 Å². The molecule has 0 aliphatic rings. The topological polar surface area (TPSA) is 48.7 Å². The summed E-state index contributed by atoms with van der Waals surface area (Å²) in [5, 5.41) is 0.722. The van der Waals surface area contributed by atoms with Crippen LogP contribution in [0.2, 0.25) is 0 Å². The summed E-state index contributed by atoms with van der Waals surface area (Å²) in [5.41, 5.74) is -2.59. The van der Waals surface area contributed by atoms with E-state index < -0.39 is 22.9 Å². The van der Waals surface area contributed by atoms with Gasteiger partial charge in [0, 0.05) is 17.4 Å². The van der Waals surface area contributed by atoms with Crippen molar-refractivity contribution in [3.63, 3.8) is 0 Å². The van der Waals surface area contributed by atoms with Crippen molar-refractivity contribution in [2.75, 3.05) is 0 Å². The molecule has 0 saturated carbocycles. The summed E-state index contributed by atoms with van der Waals surface area (Å²) in [5.74, 6) is -0.385. The number of carbonyl (C=O) groups excluding carboxylic acids is 1. The molecule has 0 radical (unpaired) electrons. The number of halogens is 3. The van der Waals surface area contributed by atoms with Gasteiger partial charge in [0.25, 0.3) is 0 Å². The summed E-state index contributed by atoms with van der Waals surface area (Å²) in [7, 11) is 0. The summed E-state index contributed by atoms with van der Waals surface area (Å²) in [6.07, 6.45) is -3.68. The normalized spacial score (nSPS) is 14.3. The predicted molar refractivity (Wildman–Crippen MR) is 153 cm³/mol. The zero-order valence-electron chi connectivity index (χ0n) is 25.4. The van der Waals surface area contributed by atoms with Crippen LogP contribution in [-0.4, -0.2) is 17.2 Å². The van der Waals surface area contributed by atoms with E-state index >= 15 is 0 Å². The fraction of sp³-hybridized carbons (Fsp3) is 0.545. The molecule has 1 heterocycles. The molecule has 1 atom stereocenters. The van der Waals surface area contributed by atoms with Gasteiger partial charge in [0.1, 0.15) is 28.3 Å².